The van der Waals surface area contributed by atoms with E-state index in [0.717, 1.165) is 5.56 Å². The van der Waals surface area contributed by atoms with Crippen LogP contribution in [0.2, 0.25) is 0 Å². The number of aliphatic hydroxyl groups is 1. The molecule has 0 radical (unpaired) electrons. The predicted molar refractivity (Wildman–Crippen MR) is 67.2 cm³/mol. The Kier molecular flexibility index (Phi) is 3.76. The van der Waals surface area contributed by atoms with E-state index in [0.29, 0.717) is 12.2 Å². The topological polar surface area (TPSA) is 90.4 Å². The Balaban J connectivity index is 2.36. The minimum atomic E-state index is -0.593. The number of benzene rings is 1. The smallest absolute Gasteiger partial charge is 0.427 e. The fraction of sp³-hybridized carbons (Fsp3) is 0.250. The highest BCUT2D eigenvalue weighted by Crippen LogP contribution is 2.31. The molecule has 100 valence electrons. The van der Waals surface area contributed by atoms with Gasteiger partial charge in [0, 0.05) is 13.7 Å². The van der Waals surface area contributed by atoms with E-state index in [1.54, 1.807) is 25.2 Å². The zero-order chi connectivity index (χ0) is 13.8. The van der Waals surface area contributed by atoms with Crippen LogP contribution in [0.5, 0.6) is 11.6 Å². The Bertz CT molecular complexity index is 594. The lowest BCUT2D eigenvalue weighted by molar-refractivity contribution is -0.390. The molecule has 0 spiro atoms. The van der Waals surface area contributed by atoms with Gasteiger partial charge in [-0.15, -0.1) is 0 Å². The van der Waals surface area contributed by atoms with E-state index in [4.69, 9.17) is 9.84 Å². The van der Waals surface area contributed by atoms with Crippen LogP contribution in [0, 0.1) is 10.1 Å². The van der Waals surface area contributed by atoms with Gasteiger partial charge in [0.1, 0.15) is 5.75 Å². The quantitative estimate of drug-likeness (QED) is 0.654. The number of ether oxygens (including phenoxy) is 1. The number of nitro groups is 1. The van der Waals surface area contributed by atoms with Gasteiger partial charge in [0.25, 0.3) is 0 Å². The van der Waals surface area contributed by atoms with E-state index in [9.17, 15) is 10.1 Å². The zero-order valence-corrected chi connectivity index (χ0v) is 10.3. The van der Waals surface area contributed by atoms with Crippen LogP contribution in [-0.2, 0) is 13.5 Å². The van der Waals surface area contributed by atoms with Gasteiger partial charge in [0.15, 0.2) is 0 Å². The summed E-state index contributed by atoms with van der Waals surface area (Å²) in [5, 5.41) is 19.8. The molecule has 1 aromatic carbocycles. The van der Waals surface area contributed by atoms with Crippen LogP contribution in [0.1, 0.15) is 5.56 Å². The molecule has 0 saturated carbocycles. The summed E-state index contributed by atoms with van der Waals surface area (Å²) in [6, 6.07) is 7.07. The van der Waals surface area contributed by atoms with Crippen molar-refractivity contribution < 1.29 is 14.8 Å². The second-order valence-electron chi connectivity index (χ2n) is 3.92. The first kappa shape index (κ1) is 13.0. The Morgan fingerprint density at radius 1 is 1.47 bits per heavy atom. The van der Waals surface area contributed by atoms with Crippen molar-refractivity contribution in [2.24, 2.45) is 7.05 Å². The van der Waals surface area contributed by atoms with E-state index in [2.05, 4.69) is 4.98 Å². The lowest BCUT2D eigenvalue weighted by Gasteiger charge is -2.09. The van der Waals surface area contributed by atoms with Gasteiger partial charge in [-0.25, -0.2) is 0 Å². The van der Waals surface area contributed by atoms with Crippen molar-refractivity contribution in [3.63, 3.8) is 0 Å². The standard InChI is InChI=1S/C12H13N3O4/c1-14-8-13-11(15(17)18)12(14)19-10-5-3-2-4-9(10)6-7-16/h2-5,8,16H,6-7H2,1H3. The van der Waals surface area contributed by atoms with E-state index in [-0.39, 0.29) is 18.3 Å². The summed E-state index contributed by atoms with van der Waals surface area (Å²) >= 11 is 0. The largest absolute Gasteiger partial charge is 0.433 e. The molecule has 0 bridgehead atoms. The van der Waals surface area contributed by atoms with Crippen molar-refractivity contribution in [1.29, 1.82) is 0 Å². The SMILES string of the molecule is Cn1cnc([N+](=O)[O-])c1Oc1ccccc1CCO. The van der Waals surface area contributed by atoms with Gasteiger partial charge in [-0.1, -0.05) is 18.2 Å². The summed E-state index contributed by atoms with van der Waals surface area (Å²) in [5.41, 5.74) is 0.778. The van der Waals surface area contributed by atoms with E-state index in [1.807, 2.05) is 6.07 Å². The summed E-state index contributed by atoms with van der Waals surface area (Å²) in [6.07, 6.45) is 1.74. The highest BCUT2D eigenvalue weighted by molar-refractivity contribution is 5.41. The van der Waals surface area contributed by atoms with E-state index < -0.39 is 4.92 Å². The number of para-hydroxylation sites is 1. The van der Waals surface area contributed by atoms with Gasteiger partial charge >= 0.3 is 11.7 Å². The third kappa shape index (κ3) is 2.71. The molecule has 2 aromatic rings. The first-order chi connectivity index (χ1) is 9.13. The lowest BCUT2D eigenvalue weighted by Crippen LogP contribution is -2.00. The summed E-state index contributed by atoms with van der Waals surface area (Å²) < 4.78 is 7.01. The van der Waals surface area contributed by atoms with Crippen molar-refractivity contribution in [1.82, 2.24) is 9.55 Å². The van der Waals surface area contributed by atoms with E-state index in [1.165, 1.54) is 10.9 Å². The number of hydrogen-bond acceptors (Lipinski definition) is 5. The third-order valence-corrected chi connectivity index (χ3v) is 2.60. The summed E-state index contributed by atoms with van der Waals surface area (Å²) in [7, 11) is 1.62. The number of rotatable bonds is 5. The molecule has 1 aromatic heterocycles. The predicted octanol–water partition coefficient (Wildman–Crippen LogP) is 1.66. The van der Waals surface area contributed by atoms with Gasteiger partial charge in [0.05, 0.1) is 0 Å². The molecule has 1 N–H and O–H groups in total. The van der Waals surface area contributed by atoms with Crippen LogP contribution in [0.3, 0.4) is 0 Å². The van der Waals surface area contributed by atoms with Crippen LogP contribution in [0.15, 0.2) is 30.6 Å². The average molecular weight is 263 g/mol. The molecule has 0 saturated heterocycles. The normalized spacial score (nSPS) is 10.4. The Labute approximate surface area is 109 Å². The molecule has 0 aliphatic heterocycles. The lowest BCUT2D eigenvalue weighted by atomic mass is 10.1. The minimum Gasteiger partial charge on any atom is -0.433 e. The number of imidazole rings is 1. The molecule has 2 rings (SSSR count). The summed E-state index contributed by atoms with van der Waals surface area (Å²) in [6.45, 7) is -0.0200. The minimum absolute atomic E-state index is 0.0200. The number of aliphatic hydroxyl groups excluding tert-OH is 1. The molecule has 19 heavy (non-hydrogen) atoms. The van der Waals surface area contributed by atoms with Crippen molar-refractivity contribution >= 4 is 5.82 Å². The molecule has 0 amide bonds. The Hall–Kier alpha value is -2.41. The van der Waals surface area contributed by atoms with Crippen LogP contribution < -0.4 is 4.74 Å². The first-order valence-electron chi connectivity index (χ1n) is 5.65. The third-order valence-electron chi connectivity index (χ3n) is 2.60. The van der Waals surface area contributed by atoms with E-state index >= 15 is 0 Å². The molecular weight excluding hydrogens is 250 g/mol. The van der Waals surface area contributed by atoms with Crippen molar-refractivity contribution in [2.45, 2.75) is 6.42 Å². The van der Waals surface area contributed by atoms with Gasteiger partial charge in [-0.05, 0) is 28.0 Å². The molecule has 0 atom stereocenters. The van der Waals surface area contributed by atoms with Gasteiger partial charge < -0.3 is 20.0 Å². The zero-order valence-electron chi connectivity index (χ0n) is 10.3. The molecule has 0 aliphatic rings. The van der Waals surface area contributed by atoms with Gasteiger partial charge in [-0.3, -0.25) is 4.57 Å². The molecule has 0 unspecified atom stereocenters. The Morgan fingerprint density at radius 3 is 2.89 bits per heavy atom. The molecule has 1 heterocycles. The second kappa shape index (κ2) is 5.49. The maximum atomic E-state index is 10.8. The maximum absolute atomic E-state index is 10.8. The highest BCUT2D eigenvalue weighted by atomic mass is 16.6. The molecule has 7 heteroatoms. The van der Waals surface area contributed by atoms with Crippen LogP contribution in [-0.4, -0.2) is 26.2 Å². The first-order valence-corrected chi connectivity index (χ1v) is 5.65. The average Bonchev–Trinajstić information content (AvgIpc) is 2.74. The molecule has 0 aliphatic carbocycles. The monoisotopic (exact) mass is 263 g/mol. The summed E-state index contributed by atoms with van der Waals surface area (Å²) in [5.74, 6) is 0.208. The number of aromatic nitrogens is 2. The van der Waals surface area contributed by atoms with Crippen molar-refractivity contribution in [3.8, 4) is 11.6 Å². The van der Waals surface area contributed by atoms with Crippen LogP contribution in [0.25, 0.3) is 0 Å². The number of aryl methyl sites for hydroxylation is 1. The molecule has 0 fully saturated rings. The van der Waals surface area contributed by atoms with Crippen LogP contribution in [0.4, 0.5) is 5.82 Å². The maximum Gasteiger partial charge on any atom is 0.427 e. The van der Waals surface area contributed by atoms with Crippen LogP contribution >= 0.6 is 0 Å². The fourth-order valence-electron chi connectivity index (χ4n) is 1.68. The molecular formula is C12H13N3O4. The van der Waals surface area contributed by atoms with Crippen molar-refractivity contribution in [2.75, 3.05) is 6.61 Å². The number of hydrogen-bond donors (Lipinski definition) is 1. The fourth-order valence-corrected chi connectivity index (χ4v) is 1.68. The second-order valence-corrected chi connectivity index (χ2v) is 3.92. The Morgan fingerprint density at radius 2 is 2.21 bits per heavy atom. The van der Waals surface area contributed by atoms with Gasteiger partial charge in [0.2, 0.25) is 6.33 Å². The highest BCUT2D eigenvalue weighted by Gasteiger charge is 2.23. The molecule has 7 nitrogen and oxygen atoms in total. The van der Waals surface area contributed by atoms with Crippen molar-refractivity contribution in [3.05, 3.63) is 46.3 Å². The number of nitrogens with zero attached hydrogens (tertiary/aromatic N) is 3. The van der Waals surface area contributed by atoms with Gasteiger partial charge in [-0.2, -0.15) is 0 Å². The summed E-state index contributed by atoms with van der Waals surface area (Å²) in [4.78, 5) is 13.9.